The van der Waals surface area contributed by atoms with Crippen LogP contribution in [0.5, 0.6) is 0 Å². The van der Waals surface area contributed by atoms with Crippen LogP contribution in [0.2, 0.25) is 0 Å². The first-order valence-electron chi connectivity index (χ1n) is 8.81. The van der Waals surface area contributed by atoms with Gasteiger partial charge in [-0.2, -0.15) is 0 Å². The molecule has 1 aromatic carbocycles. The third-order valence-electron chi connectivity index (χ3n) is 5.20. The number of fused-ring (bicyclic) bond motifs is 2. The van der Waals surface area contributed by atoms with E-state index in [0.717, 1.165) is 37.7 Å². The van der Waals surface area contributed by atoms with Gasteiger partial charge in [-0.15, -0.1) is 6.58 Å². The van der Waals surface area contributed by atoms with Crippen LogP contribution >= 0.6 is 0 Å². The Morgan fingerprint density at radius 2 is 1.83 bits per heavy atom. The summed E-state index contributed by atoms with van der Waals surface area (Å²) in [7, 11) is 0. The average molecular weight is 327 g/mol. The third-order valence-corrected chi connectivity index (χ3v) is 5.20. The number of hydrogen-bond acceptors (Lipinski definition) is 3. The maximum atomic E-state index is 12.5. The largest absolute Gasteiger partial charge is 0.445 e. The number of benzene rings is 1. The molecule has 1 aromatic rings. The van der Waals surface area contributed by atoms with Crippen LogP contribution in [0.1, 0.15) is 44.1 Å². The predicted octanol–water partition coefficient (Wildman–Crippen LogP) is 4.10. The monoisotopic (exact) mass is 327 g/mol. The van der Waals surface area contributed by atoms with E-state index >= 15 is 0 Å². The number of nitrogens with zero attached hydrogens (tertiary/aromatic N) is 1. The number of ketones is 1. The summed E-state index contributed by atoms with van der Waals surface area (Å²) in [5.41, 5.74) is 0.993. The van der Waals surface area contributed by atoms with E-state index in [9.17, 15) is 9.59 Å². The van der Waals surface area contributed by atoms with E-state index in [1.165, 1.54) is 0 Å². The van der Waals surface area contributed by atoms with E-state index in [4.69, 9.17) is 4.74 Å². The zero-order chi connectivity index (χ0) is 16.9. The molecule has 0 N–H and O–H groups in total. The van der Waals surface area contributed by atoms with Gasteiger partial charge in [0.05, 0.1) is 0 Å². The minimum absolute atomic E-state index is 0.0978. The first-order chi connectivity index (χ1) is 11.7. The second-order valence-electron chi connectivity index (χ2n) is 6.79. The molecule has 1 amide bonds. The molecule has 4 heteroatoms. The minimum atomic E-state index is -0.233. The minimum Gasteiger partial charge on any atom is -0.445 e. The molecule has 0 spiro atoms. The standard InChI is InChI=1S/C20H25NO3/c1-2-3-9-19(22)16-12-17-10-11-18(13-16)21(17)20(23)24-14-15-7-5-4-6-8-15/h2,4-8,16-18H,1,3,9-14H2. The number of hydrogen-bond donors (Lipinski definition) is 0. The van der Waals surface area contributed by atoms with Crippen molar-refractivity contribution in [3.05, 3.63) is 48.6 Å². The number of carbonyl (C=O) groups is 2. The average Bonchev–Trinajstić information content (AvgIpc) is 2.88. The highest BCUT2D eigenvalue weighted by Gasteiger charge is 2.45. The van der Waals surface area contributed by atoms with Gasteiger partial charge in [0.1, 0.15) is 12.4 Å². The molecular weight excluding hydrogens is 302 g/mol. The van der Waals surface area contributed by atoms with E-state index in [2.05, 4.69) is 6.58 Å². The Morgan fingerprint density at radius 3 is 2.46 bits per heavy atom. The summed E-state index contributed by atoms with van der Waals surface area (Å²) >= 11 is 0. The van der Waals surface area contributed by atoms with Crippen molar-refractivity contribution < 1.29 is 14.3 Å². The van der Waals surface area contributed by atoms with E-state index in [0.29, 0.717) is 18.8 Å². The van der Waals surface area contributed by atoms with Crippen molar-refractivity contribution >= 4 is 11.9 Å². The molecule has 2 saturated heterocycles. The highest BCUT2D eigenvalue weighted by Crippen LogP contribution is 2.39. The van der Waals surface area contributed by atoms with Gasteiger partial charge in [0.25, 0.3) is 0 Å². The SMILES string of the molecule is C=CCCC(=O)C1CC2CCC(C1)N2C(=O)OCc1ccccc1. The van der Waals surface area contributed by atoms with E-state index < -0.39 is 0 Å². The van der Waals surface area contributed by atoms with Gasteiger partial charge in [-0.1, -0.05) is 36.4 Å². The number of carbonyl (C=O) groups excluding carboxylic acids is 2. The van der Waals surface area contributed by atoms with Gasteiger partial charge < -0.3 is 9.64 Å². The maximum absolute atomic E-state index is 12.5. The molecule has 2 atom stereocenters. The van der Waals surface area contributed by atoms with Crippen molar-refractivity contribution in [1.82, 2.24) is 4.90 Å². The Morgan fingerprint density at radius 1 is 1.17 bits per heavy atom. The Hall–Kier alpha value is -2.10. The zero-order valence-electron chi connectivity index (χ0n) is 14.0. The molecule has 2 fully saturated rings. The molecule has 2 heterocycles. The van der Waals surface area contributed by atoms with Crippen LogP contribution in [0.4, 0.5) is 4.79 Å². The second-order valence-corrected chi connectivity index (χ2v) is 6.79. The number of amides is 1. The molecule has 0 aliphatic carbocycles. The molecule has 2 aliphatic rings. The lowest BCUT2D eigenvalue weighted by Gasteiger charge is -2.37. The molecule has 24 heavy (non-hydrogen) atoms. The summed E-state index contributed by atoms with van der Waals surface area (Å²) in [6, 6.07) is 10.0. The molecule has 0 aromatic heterocycles. The van der Waals surface area contributed by atoms with Crippen LogP contribution in [-0.2, 0) is 16.1 Å². The summed E-state index contributed by atoms with van der Waals surface area (Å²) in [6.45, 7) is 3.98. The molecule has 0 radical (unpaired) electrons. The van der Waals surface area contributed by atoms with Crippen molar-refractivity contribution in [2.24, 2.45) is 5.92 Å². The summed E-state index contributed by atoms with van der Waals surface area (Å²) in [5, 5.41) is 0. The van der Waals surface area contributed by atoms with Crippen molar-refractivity contribution in [2.45, 2.75) is 57.2 Å². The van der Waals surface area contributed by atoms with Gasteiger partial charge in [0.2, 0.25) is 0 Å². The van der Waals surface area contributed by atoms with Gasteiger partial charge in [-0.3, -0.25) is 4.79 Å². The lowest BCUT2D eigenvalue weighted by Crippen LogP contribution is -2.48. The lowest BCUT2D eigenvalue weighted by atomic mass is 9.86. The van der Waals surface area contributed by atoms with Crippen LogP contribution in [0, 0.1) is 5.92 Å². The highest BCUT2D eigenvalue weighted by molar-refractivity contribution is 5.82. The molecule has 2 unspecified atom stereocenters. The van der Waals surface area contributed by atoms with Gasteiger partial charge in [0, 0.05) is 24.4 Å². The molecule has 3 rings (SSSR count). The quantitative estimate of drug-likeness (QED) is 0.739. The van der Waals surface area contributed by atoms with Gasteiger partial charge in [0.15, 0.2) is 0 Å². The molecule has 2 aliphatic heterocycles. The first kappa shape index (κ1) is 16.7. The third kappa shape index (κ3) is 3.69. The topological polar surface area (TPSA) is 46.6 Å². The number of ether oxygens (including phenoxy) is 1. The zero-order valence-corrected chi connectivity index (χ0v) is 14.0. The van der Waals surface area contributed by atoms with E-state index in [1.54, 1.807) is 6.08 Å². The van der Waals surface area contributed by atoms with Crippen molar-refractivity contribution in [3.63, 3.8) is 0 Å². The normalized spacial score (nSPS) is 25.3. The van der Waals surface area contributed by atoms with E-state index in [-0.39, 0.29) is 24.1 Å². The summed E-state index contributed by atoms with van der Waals surface area (Å²) in [5.74, 6) is 0.421. The fraction of sp³-hybridized carbons (Fsp3) is 0.500. The number of Topliss-reactive ketones (excluding diaryl/α,β-unsaturated/α-hetero) is 1. The Bertz CT molecular complexity index is 584. The first-order valence-corrected chi connectivity index (χ1v) is 8.81. The number of allylic oxidation sites excluding steroid dienone is 1. The van der Waals surface area contributed by atoms with Crippen LogP contribution in [0.15, 0.2) is 43.0 Å². The molecule has 2 bridgehead atoms. The molecule has 4 nitrogen and oxygen atoms in total. The predicted molar refractivity (Wildman–Crippen MR) is 92.4 cm³/mol. The van der Waals surface area contributed by atoms with Gasteiger partial charge >= 0.3 is 6.09 Å². The summed E-state index contributed by atoms with van der Waals surface area (Å²) < 4.78 is 5.50. The van der Waals surface area contributed by atoms with Gasteiger partial charge in [-0.25, -0.2) is 4.79 Å². The molecular formula is C20H25NO3. The van der Waals surface area contributed by atoms with E-state index in [1.807, 2.05) is 35.2 Å². The Kier molecular flexibility index (Phi) is 5.34. The smallest absolute Gasteiger partial charge is 0.410 e. The summed E-state index contributed by atoms with van der Waals surface area (Å²) in [6.07, 6.45) is 6.41. The molecule has 128 valence electrons. The van der Waals surface area contributed by atoms with Crippen LogP contribution < -0.4 is 0 Å². The van der Waals surface area contributed by atoms with Crippen LogP contribution in [0.3, 0.4) is 0 Å². The highest BCUT2D eigenvalue weighted by atomic mass is 16.6. The van der Waals surface area contributed by atoms with Gasteiger partial charge in [-0.05, 0) is 37.7 Å². The van der Waals surface area contributed by atoms with Crippen LogP contribution in [-0.4, -0.2) is 28.9 Å². The fourth-order valence-corrected chi connectivity index (χ4v) is 3.98. The van der Waals surface area contributed by atoms with Crippen molar-refractivity contribution in [1.29, 1.82) is 0 Å². The fourth-order valence-electron chi connectivity index (χ4n) is 3.98. The Labute approximate surface area is 143 Å². The lowest BCUT2D eigenvalue weighted by molar-refractivity contribution is -0.125. The molecule has 0 saturated carbocycles. The Balaban J connectivity index is 1.55. The second kappa shape index (κ2) is 7.65. The van der Waals surface area contributed by atoms with Crippen molar-refractivity contribution in [2.75, 3.05) is 0 Å². The van der Waals surface area contributed by atoms with Crippen molar-refractivity contribution in [3.8, 4) is 0 Å². The summed E-state index contributed by atoms with van der Waals surface area (Å²) in [4.78, 5) is 26.7. The van der Waals surface area contributed by atoms with Crippen LogP contribution in [0.25, 0.3) is 0 Å². The number of piperidine rings is 1. The number of rotatable bonds is 6. The maximum Gasteiger partial charge on any atom is 0.410 e.